The van der Waals surface area contributed by atoms with Gasteiger partial charge in [0.05, 0.1) is 5.54 Å². The molecule has 0 aromatic carbocycles. The molecule has 1 aromatic heterocycles. The predicted molar refractivity (Wildman–Crippen MR) is 72.2 cm³/mol. The van der Waals surface area contributed by atoms with E-state index in [9.17, 15) is 0 Å². The van der Waals surface area contributed by atoms with Crippen LogP contribution in [0.3, 0.4) is 0 Å². The number of rotatable bonds is 2. The van der Waals surface area contributed by atoms with Gasteiger partial charge in [-0.1, -0.05) is 18.7 Å². The van der Waals surface area contributed by atoms with Crippen LogP contribution in [0.25, 0.3) is 0 Å². The van der Waals surface area contributed by atoms with Gasteiger partial charge in [0.15, 0.2) is 5.17 Å². The summed E-state index contributed by atoms with van der Waals surface area (Å²) in [5.74, 6) is 1.85. The first kappa shape index (κ1) is 11.9. The molecule has 88 valence electrons. The topological polar surface area (TPSA) is 37.3 Å². The molecule has 1 unspecified atom stereocenters. The monoisotopic (exact) mass is 255 g/mol. The Bertz CT molecular complexity index is 371. The summed E-state index contributed by atoms with van der Waals surface area (Å²) in [5.41, 5.74) is -0.124. The molecule has 0 saturated carbocycles. The van der Waals surface area contributed by atoms with Gasteiger partial charge in [0.25, 0.3) is 0 Å². The van der Waals surface area contributed by atoms with Crippen LogP contribution in [0.5, 0.6) is 0 Å². The van der Waals surface area contributed by atoms with E-state index in [2.05, 4.69) is 36.1 Å². The Kier molecular flexibility index (Phi) is 3.54. The lowest BCUT2D eigenvalue weighted by Gasteiger charge is -2.28. The maximum absolute atomic E-state index is 4.55. The zero-order valence-corrected chi connectivity index (χ0v) is 11.5. The highest BCUT2D eigenvalue weighted by molar-refractivity contribution is 8.13. The zero-order chi connectivity index (χ0) is 11.6. The number of hydrogen-bond donors (Lipinski definition) is 1. The molecule has 1 aromatic rings. The van der Waals surface area contributed by atoms with E-state index >= 15 is 0 Å². The molecule has 1 aliphatic heterocycles. The minimum atomic E-state index is -0.124. The molecule has 0 spiro atoms. The third-order valence-electron chi connectivity index (χ3n) is 2.44. The molecular weight excluding hydrogens is 238 g/mol. The third kappa shape index (κ3) is 2.77. The number of hydrogen-bond acceptors (Lipinski definition) is 5. The van der Waals surface area contributed by atoms with Gasteiger partial charge in [0.2, 0.25) is 0 Å². The van der Waals surface area contributed by atoms with Crippen molar-refractivity contribution in [3.63, 3.8) is 0 Å². The molecule has 0 amide bonds. The summed E-state index contributed by atoms with van der Waals surface area (Å²) in [6.45, 7) is 7.46. The number of thiazole rings is 1. The number of aromatic nitrogens is 1. The van der Waals surface area contributed by atoms with Crippen LogP contribution in [0.4, 0.5) is 0 Å². The maximum Gasteiger partial charge on any atom is 0.157 e. The van der Waals surface area contributed by atoms with Crippen molar-refractivity contribution >= 4 is 28.3 Å². The molecule has 1 atom stereocenters. The zero-order valence-electron chi connectivity index (χ0n) is 9.86. The maximum atomic E-state index is 4.55. The van der Waals surface area contributed by atoms with Crippen molar-refractivity contribution in [2.24, 2.45) is 10.9 Å². The van der Waals surface area contributed by atoms with Crippen LogP contribution in [-0.2, 0) is 5.54 Å². The molecule has 1 N–H and O–H groups in total. The summed E-state index contributed by atoms with van der Waals surface area (Å²) >= 11 is 3.49. The first-order chi connectivity index (χ1) is 7.58. The van der Waals surface area contributed by atoms with E-state index in [4.69, 9.17) is 0 Å². The number of amidine groups is 1. The van der Waals surface area contributed by atoms with Gasteiger partial charge in [0, 0.05) is 23.9 Å². The van der Waals surface area contributed by atoms with Crippen molar-refractivity contribution in [3.05, 3.63) is 16.6 Å². The molecule has 0 fully saturated rings. The van der Waals surface area contributed by atoms with Crippen molar-refractivity contribution < 1.29 is 0 Å². The van der Waals surface area contributed by atoms with Gasteiger partial charge in [-0.15, -0.1) is 11.3 Å². The molecule has 2 rings (SSSR count). The summed E-state index contributed by atoms with van der Waals surface area (Å²) in [6.07, 6.45) is 1.85. The fourth-order valence-corrected chi connectivity index (χ4v) is 3.25. The minimum Gasteiger partial charge on any atom is -0.354 e. The average molecular weight is 255 g/mol. The molecule has 16 heavy (non-hydrogen) atoms. The van der Waals surface area contributed by atoms with Crippen molar-refractivity contribution in [1.82, 2.24) is 10.3 Å². The second-order valence-electron chi connectivity index (χ2n) is 4.65. The van der Waals surface area contributed by atoms with Crippen LogP contribution in [0, 0.1) is 5.92 Å². The Hall–Kier alpha value is -0.550. The highest BCUT2D eigenvalue weighted by Gasteiger charge is 2.25. The van der Waals surface area contributed by atoms with E-state index in [1.165, 1.54) is 0 Å². The molecule has 5 heteroatoms. The standard InChI is InChI=1S/C11H17N3S2/c1-8-6-13-10(16-7-8)14-11(2,3)9-12-4-5-15-9/h4-5,8H,6-7H2,1-3H3,(H,13,14). The highest BCUT2D eigenvalue weighted by atomic mass is 32.2. The van der Waals surface area contributed by atoms with E-state index in [0.717, 1.165) is 22.5 Å². The molecule has 3 nitrogen and oxygen atoms in total. The molecule has 0 aliphatic carbocycles. The molecule has 2 heterocycles. The second-order valence-corrected chi connectivity index (χ2v) is 6.55. The van der Waals surface area contributed by atoms with Crippen molar-refractivity contribution in [1.29, 1.82) is 0 Å². The summed E-state index contributed by atoms with van der Waals surface area (Å²) in [6, 6.07) is 0. The smallest absolute Gasteiger partial charge is 0.157 e. The number of nitrogens with zero attached hydrogens (tertiary/aromatic N) is 2. The van der Waals surface area contributed by atoms with Crippen molar-refractivity contribution in [2.45, 2.75) is 26.3 Å². The van der Waals surface area contributed by atoms with E-state index in [1.54, 1.807) is 11.3 Å². The largest absolute Gasteiger partial charge is 0.354 e. The normalized spacial score (nSPS) is 21.7. The molecular formula is C11H17N3S2. The number of thioether (sulfide) groups is 1. The molecule has 0 saturated heterocycles. The molecule has 0 bridgehead atoms. The highest BCUT2D eigenvalue weighted by Crippen LogP contribution is 2.25. The number of aliphatic imine (C=N–C) groups is 1. The summed E-state index contributed by atoms with van der Waals surface area (Å²) < 4.78 is 0. The Morgan fingerprint density at radius 3 is 2.88 bits per heavy atom. The summed E-state index contributed by atoms with van der Waals surface area (Å²) in [7, 11) is 0. The Morgan fingerprint density at radius 1 is 1.50 bits per heavy atom. The van der Waals surface area contributed by atoms with Crippen LogP contribution < -0.4 is 5.32 Å². The first-order valence-corrected chi connectivity index (χ1v) is 7.30. The quantitative estimate of drug-likeness (QED) is 0.883. The summed E-state index contributed by atoms with van der Waals surface area (Å²) in [4.78, 5) is 8.91. The van der Waals surface area contributed by atoms with Gasteiger partial charge < -0.3 is 5.32 Å². The minimum absolute atomic E-state index is 0.124. The van der Waals surface area contributed by atoms with Crippen molar-refractivity contribution in [2.75, 3.05) is 12.3 Å². The van der Waals surface area contributed by atoms with E-state index in [1.807, 2.05) is 23.3 Å². The Morgan fingerprint density at radius 2 is 2.31 bits per heavy atom. The number of nitrogens with one attached hydrogen (secondary N) is 1. The van der Waals surface area contributed by atoms with Gasteiger partial charge in [-0.25, -0.2) is 4.98 Å². The van der Waals surface area contributed by atoms with Gasteiger partial charge in [-0.05, 0) is 19.8 Å². The van der Waals surface area contributed by atoms with Crippen LogP contribution in [-0.4, -0.2) is 22.4 Å². The lowest BCUT2D eigenvalue weighted by Crippen LogP contribution is -2.41. The van der Waals surface area contributed by atoms with E-state index in [-0.39, 0.29) is 5.54 Å². The summed E-state index contributed by atoms with van der Waals surface area (Å²) in [5, 5.41) is 7.65. The van der Waals surface area contributed by atoms with Crippen LogP contribution in [0.1, 0.15) is 25.8 Å². The van der Waals surface area contributed by atoms with Crippen LogP contribution >= 0.6 is 23.1 Å². The first-order valence-electron chi connectivity index (χ1n) is 5.43. The Labute approximate surface area is 105 Å². The van der Waals surface area contributed by atoms with Crippen LogP contribution in [0.2, 0.25) is 0 Å². The van der Waals surface area contributed by atoms with Gasteiger partial charge in [0.1, 0.15) is 5.01 Å². The molecule has 1 aliphatic rings. The fraction of sp³-hybridized carbons (Fsp3) is 0.636. The predicted octanol–water partition coefficient (Wildman–Crippen LogP) is 2.71. The SMILES string of the molecule is CC1CN=C(NC(C)(C)c2nccs2)SC1. The fourth-order valence-electron chi connectivity index (χ4n) is 1.49. The Balaban J connectivity index is 2.04. The van der Waals surface area contributed by atoms with E-state index in [0.29, 0.717) is 5.92 Å². The molecule has 0 radical (unpaired) electrons. The third-order valence-corrected chi connectivity index (χ3v) is 4.77. The van der Waals surface area contributed by atoms with E-state index < -0.39 is 0 Å². The lowest BCUT2D eigenvalue weighted by molar-refractivity contribution is 0.484. The van der Waals surface area contributed by atoms with Crippen molar-refractivity contribution in [3.8, 4) is 0 Å². The van der Waals surface area contributed by atoms with Gasteiger partial charge in [-0.3, -0.25) is 4.99 Å². The lowest BCUT2D eigenvalue weighted by atomic mass is 10.1. The van der Waals surface area contributed by atoms with Gasteiger partial charge in [-0.2, -0.15) is 0 Å². The second kappa shape index (κ2) is 4.75. The van der Waals surface area contributed by atoms with Gasteiger partial charge >= 0.3 is 0 Å². The average Bonchev–Trinajstić information content (AvgIpc) is 2.75. The van der Waals surface area contributed by atoms with Crippen LogP contribution in [0.15, 0.2) is 16.6 Å².